The number of rotatable bonds is 5. The van der Waals surface area contributed by atoms with Crippen molar-refractivity contribution in [1.82, 2.24) is 9.88 Å². The molecule has 0 saturated heterocycles. The lowest BCUT2D eigenvalue weighted by atomic mass is 9.88. The zero-order valence-corrected chi connectivity index (χ0v) is 19.8. The summed E-state index contributed by atoms with van der Waals surface area (Å²) in [6.45, 7) is 6.60. The van der Waals surface area contributed by atoms with Gasteiger partial charge in [-0.15, -0.1) is 0 Å². The van der Waals surface area contributed by atoms with Crippen LogP contribution in [0.2, 0.25) is 0 Å². The second-order valence-corrected chi connectivity index (χ2v) is 9.19. The smallest absolute Gasteiger partial charge is 0.211 e. The number of benzene rings is 1. The van der Waals surface area contributed by atoms with E-state index in [9.17, 15) is 9.18 Å². The summed E-state index contributed by atoms with van der Waals surface area (Å²) in [5.41, 5.74) is 1.95. The monoisotopic (exact) mass is 453 g/mol. The molecule has 1 atom stereocenters. The summed E-state index contributed by atoms with van der Waals surface area (Å²) in [6.07, 6.45) is 4.96. The van der Waals surface area contributed by atoms with Crippen LogP contribution in [0.25, 0.3) is 0 Å². The third-order valence-corrected chi connectivity index (χ3v) is 5.66. The van der Waals surface area contributed by atoms with E-state index in [-0.39, 0.29) is 5.82 Å². The molecular formula is C24H28FN5OS. The fourth-order valence-electron chi connectivity index (χ4n) is 3.16. The number of amides is 1. The molecule has 1 aliphatic heterocycles. The highest BCUT2D eigenvalue weighted by atomic mass is 32.2. The van der Waals surface area contributed by atoms with E-state index < -0.39 is 5.54 Å². The molecule has 2 aromatic rings. The minimum atomic E-state index is -0.669. The van der Waals surface area contributed by atoms with Gasteiger partial charge in [0.2, 0.25) is 6.41 Å². The first-order chi connectivity index (χ1) is 15.2. The van der Waals surface area contributed by atoms with E-state index in [2.05, 4.69) is 21.3 Å². The number of hydrogen-bond acceptors (Lipinski definition) is 6. The number of halogens is 1. The van der Waals surface area contributed by atoms with Gasteiger partial charge in [-0.2, -0.15) is 5.26 Å². The Balaban J connectivity index is 0.000000336. The number of aliphatic imine (C=N–C) groups is 1. The van der Waals surface area contributed by atoms with Crippen molar-refractivity contribution in [2.24, 2.45) is 4.99 Å². The average molecular weight is 454 g/mol. The molecule has 1 amide bonds. The second-order valence-electron chi connectivity index (χ2n) is 7.87. The molecule has 0 fully saturated rings. The van der Waals surface area contributed by atoms with E-state index in [0.29, 0.717) is 29.6 Å². The molecular weight excluding hydrogens is 425 g/mol. The number of thioether (sulfide) groups is 1. The highest BCUT2D eigenvalue weighted by Crippen LogP contribution is 2.43. The molecule has 168 valence electrons. The lowest BCUT2D eigenvalue weighted by Gasteiger charge is -2.32. The van der Waals surface area contributed by atoms with Crippen LogP contribution in [-0.2, 0) is 10.3 Å². The third kappa shape index (κ3) is 7.29. The maximum absolute atomic E-state index is 14.4. The first-order valence-electron chi connectivity index (χ1n) is 10.1. The molecule has 8 heteroatoms. The van der Waals surface area contributed by atoms with Crippen LogP contribution in [0.3, 0.4) is 0 Å². The van der Waals surface area contributed by atoms with Crippen molar-refractivity contribution < 1.29 is 9.18 Å². The second kappa shape index (κ2) is 11.6. The van der Waals surface area contributed by atoms with Crippen molar-refractivity contribution in [2.45, 2.75) is 32.7 Å². The van der Waals surface area contributed by atoms with Crippen molar-refractivity contribution in [3.63, 3.8) is 0 Å². The Kier molecular flexibility index (Phi) is 9.12. The summed E-state index contributed by atoms with van der Waals surface area (Å²) in [6, 6.07) is 10.2. The van der Waals surface area contributed by atoms with Gasteiger partial charge in [-0.25, -0.2) is 4.39 Å². The number of carbonyl (C=O) groups is 1. The molecule has 1 unspecified atom stereocenters. The quantitative estimate of drug-likeness (QED) is 0.653. The Morgan fingerprint density at radius 1 is 1.31 bits per heavy atom. The fourth-order valence-corrected chi connectivity index (χ4v) is 4.30. The lowest BCUT2D eigenvalue weighted by molar-refractivity contribution is -0.105. The summed E-state index contributed by atoms with van der Waals surface area (Å²) < 4.78 is 14.4. The van der Waals surface area contributed by atoms with Crippen LogP contribution < -0.4 is 5.32 Å². The van der Waals surface area contributed by atoms with Gasteiger partial charge in [-0.3, -0.25) is 14.8 Å². The number of nitrogens with one attached hydrogen (secondary N) is 1. The molecule has 2 heterocycles. The summed E-state index contributed by atoms with van der Waals surface area (Å²) in [5.74, 6) is -0.306. The van der Waals surface area contributed by atoms with Crippen molar-refractivity contribution in [1.29, 1.82) is 5.26 Å². The van der Waals surface area contributed by atoms with Gasteiger partial charge in [0.15, 0.2) is 0 Å². The van der Waals surface area contributed by atoms with Gasteiger partial charge in [-0.1, -0.05) is 17.8 Å². The van der Waals surface area contributed by atoms with E-state index >= 15 is 0 Å². The Morgan fingerprint density at radius 3 is 2.66 bits per heavy atom. The maximum atomic E-state index is 14.4. The number of carbonyl (C=O) groups excluding carboxylic acids is 1. The van der Waals surface area contributed by atoms with E-state index in [4.69, 9.17) is 10.3 Å². The summed E-state index contributed by atoms with van der Waals surface area (Å²) >= 11 is 1.64. The van der Waals surface area contributed by atoms with E-state index in [1.165, 1.54) is 11.0 Å². The minimum Gasteiger partial charge on any atom is -0.329 e. The summed E-state index contributed by atoms with van der Waals surface area (Å²) in [4.78, 5) is 22.5. The molecule has 1 aliphatic rings. The fraction of sp³-hybridized carbons (Fsp3) is 0.333. The number of nitrogens with zero attached hydrogens (tertiary/aromatic N) is 4. The molecule has 1 aromatic carbocycles. The van der Waals surface area contributed by atoms with Gasteiger partial charge in [-0.05, 0) is 70.1 Å². The van der Waals surface area contributed by atoms with Gasteiger partial charge < -0.3 is 10.2 Å². The third-order valence-electron chi connectivity index (χ3n) is 4.70. The van der Waals surface area contributed by atoms with Gasteiger partial charge in [0.25, 0.3) is 0 Å². The Hall–Kier alpha value is -3.02. The number of likely N-dealkylation sites (N-methyl/N-ethyl adjacent to an activating group) is 1. The van der Waals surface area contributed by atoms with Crippen LogP contribution in [0, 0.1) is 24.1 Å². The van der Waals surface area contributed by atoms with Gasteiger partial charge in [0.05, 0.1) is 16.1 Å². The van der Waals surface area contributed by atoms with Gasteiger partial charge >= 0.3 is 0 Å². The molecule has 3 rings (SSSR count). The molecule has 0 saturated carbocycles. The van der Waals surface area contributed by atoms with Crippen molar-refractivity contribution in [2.75, 3.05) is 26.0 Å². The zero-order chi connectivity index (χ0) is 23.7. The molecule has 0 radical (unpaired) electrons. The average Bonchev–Trinajstić information content (AvgIpc) is 2.74. The number of pyridine rings is 1. The Bertz CT molecular complexity index is 1040. The van der Waals surface area contributed by atoms with Gasteiger partial charge in [0, 0.05) is 36.1 Å². The van der Waals surface area contributed by atoms with Crippen LogP contribution in [0.1, 0.15) is 37.1 Å². The number of anilines is 1. The van der Waals surface area contributed by atoms with Crippen LogP contribution in [-0.4, -0.2) is 42.0 Å². The normalized spacial score (nSPS) is 18.9. The van der Waals surface area contributed by atoms with E-state index in [0.717, 1.165) is 17.3 Å². The largest absolute Gasteiger partial charge is 0.329 e. The van der Waals surface area contributed by atoms with Crippen LogP contribution in [0.15, 0.2) is 52.5 Å². The predicted octanol–water partition coefficient (Wildman–Crippen LogP) is 4.87. The van der Waals surface area contributed by atoms with Gasteiger partial charge in [0.1, 0.15) is 11.9 Å². The van der Waals surface area contributed by atoms with Crippen LogP contribution in [0.5, 0.6) is 0 Å². The number of nitriles is 1. The molecule has 1 aromatic heterocycles. The standard InChI is InChI=1S/C17H22FN3OS.C7H6N2/c1-12-20-17(2,10-14(23-12)7-8-21(3)4)15-9-13(19-11-22)5-6-16(15)18;1-6-2-3-7(4-8)5-9-6/h5-7,9,11H,8,10H2,1-4H3,(H,19,22);2-3,5H,1H3/b14-7-;. The summed E-state index contributed by atoms with van der Waals surface area (Å²) in [5, 5.41) is 11.8. The summed E-state index contributed by atoms with van der Waals surface area (Å²) in [7, 11) is 4.03. The molecule has 0 aliphatic carbocycles. The van der Waals surface area contributed by atoms with E-state index in [1.54, 1.807) is 36.2 Å². The maximum Gasteiger partial charge on any atom is 0.211 e. The highest BCUT2D eigenvalue weighted by molar-refractivity contribution is 8.17. The lowest BCUT2D eigenvalue weighted by Crippen LogP contribution is -2.26. The topological polar surface area (TPSA) is 81.4 Å². The van der Waals surface area contributed by atoms with Crippen molar-refractivity contribution >= 4 is 28.9 Å². The molecule has 32 heavy (non-hydrogen) atoms. The SMILES string of the molecule is CC1=NC(C)(c2cc(NC=O)ccc2F)C/C(=C/CN(C)C)S1.Cc1ccc(C#N)cn1. The molecule has 0 spiro atoms. The van der Waals surface area contributed by atoms with Crippen molar-refractivity contribution in [3.05, 3.63) is 70.1 Å². The predicted molar refractivity (Wildman–Crippen MR) is 129 cm³/mol. The van der Waals surface area contributed by atoms with Crippen LogP contribution in [0.4, 0.5) is 10.1 Å². The number of hydrogen-bond donors (Lipinski definition) is 1. The minimum absolute atomic E-state index is 0.306. The molecule has 6 nitrogen and oxygen atoms in total. The zero-order valence-electron chi connectivity index (χ0n) is 19.0. The van der Waals surface area contributed by atoms with Crippen molar-refractivity contribution in [3.8, 4) is 6.07 Å². The highest BCUT2D eigenvalue weighted by Gasteiger charge is 2.34. The Morgan fingerprint density at radius 2 is 2.06 bits per heavy atom. The first-order valence-corrected chi connectivity index (χ1v) is 10.9. The number of aryl methyl sites for hydroxylation is 1. The Labute approximate surface area is 193 Å². The number of aromatic nitrogens is 1. The molecule has 0 bridgehead atoms. The van der Waals surface area contributed by atoms with E-state index in [1.807, 2.05) is 47.0 Å². The van der Waals surface area contributed by atoms with Crippen LogP contribution >= 0.6 is 11.8 Å². The first kappa shape index (κ1) is 25.2. The molecule has 1 N–H and O–H groups in total.